The second kappa shape index (κ2) is 12.3. The molecule has 0 fully saturated rings. The van der Waals surface area contributed by atoms with E-state index in [9.17, 15) is 9.36 Å². The van der Waals surface area contributed by atoms with Crippen LogP contribution in [-0.4, -0.2) is 64.8 Å². The van der Waals surface area contributed by atoms with E-state index in [0.29, 0.717) is 23.6 Å². The van der Waals surface area contributed by atoms with Crippen molar-refractivity contribution in [3.8, 4) is 5.88 Å². The van der Waals surface area contributed by atoms with Crippen molar-refractivity contribution in [1.82, 2.24) is 24.6 Å². The lowest BCUT2D eigenvalue weighted by Gasteiger charge is -2.24. The highest BCUT2D eigenvalue weighted by Crippen LogP contribution is 2.44. The molecule has 35 heavy (non-hydrogen) atoms. The third-order valence-electron chi connectivity index (χ3n) is 5.23. The smallest absolute Gasteiger partial charge is 0.323 e. The number of methoxy groups -OCH3 is 1. The van der Waals surface area contributed by atoms with Crippen LogP contribution in [-0.2, 0) is 29.9 Å². The summed E-state index contributed by atoms with van der Waals surface area (Å²) in [4.78, 5) is 24.6. The molecule has 0 saturated heterocycles. The number of hydrogen-bond acceptors (Lipinski definition) is 10. The molecule has 12 nitrogen and oxygen atoms in total. The average Bonchev–Trinajstić information content (AvgIpc) is 3.23. The molecule has 0 aromatic carbocycles. The van der Waals surface area contributed by atoms with E-state index in [1.807, 2.05) is 12.2 Å². The lowest BCUT2D eigenvalue weighted by Crippen LogP contribution is -2.35. The van der Waals surface area contributed by atoms with E-state index in [1.54, 1.807) is 24.7 Å². The molecule has 2 aromatic heterocycles. The highest BCUT2D eigenvalue weighted by molar-refractivity contribution is 7.56. The van der Waals surface area contributed by atoms with Gasteiger partial charge in [0.25, 0.3) is 7.52 Å². The first-order valence-corrected chi connectivity index (χ1v) is 13.2. The van der Waals surface area contributed by atoms with Crippen LogP contribution in [0.15, 0.2) is 30.1 Å². The third kappa shape index (κ3) is 7.35. The highest BCUT2D eigenvalue weighted by Gasteiger charge is 2.30. The number of aromatic nitrogens is 4. The third-order valence-corrected chi connectivity index (χ3v) is 7.07. The minimum Gasteiger partial charge on any atom is -0.479 e. The zero-order chi connectivity index (χ0) is 25.4. The lowest BCUT2D eigenvalue weighted by atomic mass is 9.97. The van der Waals surface area contributed by atoms with Crippen molar-refractivity contribution in [2.75, 3.05) is 39.0 Å². The molecule has 0 bridgehead atoms. The number of nitrogens with zero attached hydrogens (tertiary/aromatic N) is 4. The predicted molar refractivity (Wildman–Crippen MR) is 131 cm³/mol. The standard InChI is InChI=1S/C22H33N6O6P/c1-5-33-21(29)16(3)27-35(30,34-12-17-8-6-7-15(2)11-17)14-32-10-9-28-13-24-18-19(28)25-22(23)26-20(18)31-4/h6-8,13,15-16H,5,9-12,14H2,1-4H3,(H,27,30)(H2,23,25,26)/t15?,16-,35?/m0/s1. The topological polar surface area (TPSA) is 153 Å². The maximum absolute atomic E-state index is 13.6. The van der Waals surface area contributed by atoms with Crippen molar-refractivity contribution >= 4 is 30.6 Å². The van der Waals surface area contributed by atoms with Crippen LogP contribution < -0.4 is 15.6 Å². The fourth-order valence-corrected chi connectivity index (χ4v) is 5.20. The van der Waals surface area contributed by atoms with Crippen LogP contribution in [0.2, 0.25) is 0 Å². The monoisotopic (exact) mass is 508 g/mol. The van der Waals surface area contributed by atoms with Crippen molar-refractivity contribution in [3.05, 3.63) is 30.1 Å². The predicted octanol–water partition coefficient (Wildman–Crippen LogP) is 2.66. The maximum Gasteiger partial charge on any atom is 0.323 e. The SMILES string of the molecule is CCOC(=O)[C@H](C)NP(=O)(COCCn1cnc2c(OC)nc(N)nc21)OCC1=CC=CC(C)C1. The number of nitrogens with two attached hydrogens (primary N) is 1. The zero-order valence-electron chi connectivity index (χ0n) is 20.5. The van der Waals surface area contributed by atoms with Gasteiger partial charge in [0.05, 0.1) is 33.3 Å². The number of esters is 1. The van der Waals surface area contributed by atoms with E-state index < -0.39 is 19.5 Å². The minimum absolute atomic E-state index is 0.0632. The molecule has 0 radical (unpaired) electrons. The Kier molecular flexibility index (Phi) is 9.39. The van der Waals surface area contributed by atoms with Gasteiger partial charge < -0.3 is 29.0 Å². The van der Waals surface area contributed by atoms with Crippen LogP contribution in [0.5, 0.6) is 5.88 Å². The van der Waals surface area contributed by atoms with Crippen LogP contribution in [0.3, 0.4) is 0 Å². The van der Waals surface area contributed by atoms with Gasteiger partial charge in [0, 0.05) is 6.54 Å². The van der Waals surface area contributed by atoms with Crippen molar-refractivity contribution in [2.24, 2.45) is 5.92 Å². The number of nitrogen functional groups attached to an aromatic ring is 1. The minimum atomic E-state index is -3.54. The summed E-state index contributed by atoms with van der Waals surface area (Å²) in [5.74, 6) is 0.208. The molecular formula is C22H33N6O6P. The quantitative estimate of drug-likeness (QED) is 0.233. The average molecular weight is 509 g/mol. The normalized spacial score (nSPS) is 18.2. The highest BCUT2D eigenvalue weighted by atomic mass is 31.2. The first-order valence-electron chi connectivity index (χ1n) is 11.4. The summed E-state index contributed by atoms with van der Waals surface area (Å²) in [6, 6.07) is -0.826. The summed E-state index contributed by atoms with van der Waals surface area (Å²) in [7, 11) is -2.07. The van der Waals surface area contributed by atoms with Gasteiger partial charge in [-0.25, -0.2) is 10.1 Å². The van der Waals surface area contributed by atoms with E-state index in [1.165, 1.54) is 7.11 Å². The van der Waals surface area contributed by atoms with Crippen LogP contribution >= 0.6 is 7.52 Å². The summed E-state index contributed by atoms with van der Waals surface area (Å²) in [6.45, 7) is 6.32. The van der Waals surface area contributed by atoms with Gasteiger partial charge in [-0.2, -0.15) is 9.97 Å². The van der Waals surface area contributed by atoms with E-state index in [-0.39, 0.29) is 38.0 Å². The lowest BCUT2D eigenvalue weighted by molar-refractivity contribution is -0.144. The summed E-state index contributed by atoms with van der Waals surface area (Å²) < 4.78 is 37.1. The number of rotatable bonds is 13. The fraction of sp³-hybridized carbons (Fsp3) is 0.545. The van der Waals surface area contributed by atoms with Gasteiger partial charge in [-0.1, -0.05) is 25.2 Å². The Labute approximate surface area is 204 Å². The second-order valence-corrected chi connectivity index (χ2v) is 10.3. The van der Waals surface area contributed by atoms with Crippen molar-refractivity contribution < 1.29 is 28.1 Å². The van der Waals surface area contributed by atoms with Crippen LogP contribution in [0, 0.1) is 5.92 Å². The molecule has 1 aliphatic carbocycles. The number of imidazole rings is 1. The van der Waals surface area contributed by atoms with Crippen LogP contribution in [0.25, 0.3) is 11.2 Å². The number of ether oxygens (including phenoxy) is 3. The summed E-state index contributed by atoms with van der Waals surface area (Å²) in [5, 5.41) is 2.79. The molecule has 0 saturated carbocycles. The molecule has 192 valence electrons. The molecule has 2 unspecified atom stereocenters. The zero-order valence-corrected chi connectivity index (χ0v) is 21.4. The molecule has 3 N–H and O–H groups in total. The Morgan fingerprint density at radius 1 is 1.40 bits per heavy atom. The van der Waals surface area contributed by atoms with Gasteiger partial charge >= 0.3 is 5.97 Å². The summed E-state index contributed by atoms with van der Waals surface area (Å²) >= 11 is 0. The van der Waals surface area contributed by atoms with Gasteiger partial charge in [0.2, 0.25) is 11.8 Å². The molecule has 3 atom stereocenters. The fourth-order valence-electron chi connectivity index (χ4n) is 3.54. The molecule has 2 heterocycles. The Bertz CT molecular complexity index is 1130. The van der Waals surface area contributed by atoms with Gasteiger partial charge in [0.1, 0.15) is 12.4 Å². The first kappa shape index (κ1) is 26.8. The van der Waals surface area contributed by atoms with Gasteiger partial charge in [-0.05, 0) is 31.8 Å². The van der Waals surface area contributed by atoms with E-state index in [2.05, 4.69) is 33.0 Å². The number of nitrogens with one attached hydrogen (secondary N) is 1. The molecule has 2 aromatic rings. The van der Waals surface area contributed by atoms with Gasteiger partial charge in [0.15, 0.2) is 11.2 Å². The number of carbonyl (C=O) groups excluding carboxylic acids is 1. The molecule has 0 amide bonds. The number of allylic oxidation sites excluding steroid dienone is 3. The van der Waals surface area contributed by atoms with Crippen molar-refractivity contribution in [3.63, 3.8) is 0 Å². The first-order chi connectivity index (χ1) is 16.7. The number of anilines is 1. The maximum atomic E-state index is 13.6. The van der Waals surface area contributed by atoms with Crippen molar-refractivity contribution in [2.45, 2.75) is 39.8 Å². The van der Waals surface area contributed by atoms with E-state index in [4.69, 9.17) is 24.5 Å². The number of fused-ring (bicyclic) bond motifs is 1. The van der Waals surface area contributed by atoms with E-state index >= 15 is 0 Å². The van der Waals surface area contributed by atoms with Crippen molar-refractivity contribution in [1.29, 1.82) is 0 Å². The van der Waals surface area contributed by atoms with E-state index in [0.717, 1.165) is 12.0 Å². The Morgan fingerprint density at radius 2 is 2.20 bits per heavy atom. The Morgan fingerprint density at radius 3 is 2.91 bits per heavy atom. The largest absolute Gasteiger partial charge is 0.479 e. The molecule has 1 aliphatic rings. The molecule has 0 spiro atoms. The van der Waals surface area contributed by atoms with Gasteiger partial charge in [-0.3, -0.25) is 9.36 Å². The Balaban J connectivity index is 1.63. The number of hydrogen-bond donors (Lipinski definition) is 2. The Hall–Kier alpha value is -2.79. The summed E-state index contributed by atoms with van der Waals surface area (Å²) in [5.41, 5.74) is 7.74. The molecule has 0 aliphatic heterocycles. The molecule has 3 rings (SSSR count). The second-order valence-electron chi connectivity index (χ2n) is 8.18. The summed E-state index contributed by atoms with van der Waals surface area (Å²) in [6.07, 6.45) is 8.17. The molecule has 13 heteroatoms. The van der Waals surface area contributed by atoms with Gasteiger partial charge in [-0.15, -0.1) is 0 Å². The molecular weight excluding hydrogens is 475 g/mol. The van der Waals surface area contributed by atoms with Crippen LogP contribution in [0.4, 0.5) is 5.95 Å². The number of carbonyl (C=O) groups is 1. The van der Waals surface area contributed by atoms with Crippen LogP contribution in [0.1, 0.15) is 27.2 Å².